The van der Waals surface area contributed by atoms with E-state index in [1.807, 2.05) is 11.8 Å². The molecule has 0 radical (unpaired) electrons. The third kappa shape index (κ3) is 1.48. The molecule has 2 heteroatoms. The van der Waals surface area contributed by atoms with Gasteiger partial charge in [-0.3, -0.25) is 0 Å². The molecule has 1 saturated carbocycles. The van der Waals surface area contributed by atoms with E-state index < -0.39 is 0 Å². The van der Waals surface area contributed by atoms with Crippen molar-refractivity contribution in [3.05, 3.63) is 0 Å². The molecule has 1 N–H and O–H groups in total. The average molecular weight is 158 g/mol. The Labute approximate surface area is 66.2 Å². The summed E-state index contributed by atoms with van der Waals surface area (Å²) in [5.41, 5.74) is -0.243. The zero-order valence-electron chi connectivity index (χ0n) is 6.18. The van der Waals surface area contributed by atoms with E-state index in [1.54, 1.807) is 0 Å². The van der Waals surface area contributed by atoms with Crippen LogP contribution in [0.4, 0.5) is 0 Å². The topological polar surface area (TPSA) is 20.2 Å². The standard InChI is InChI=1S/C8H14OS/c9-8(5-10-6-8)4-3-7-1-2-7/h7,9H,1-6H2. The molecule has 0 spiro atoms. The lowest BCUT2D eigenvalue weighted by Gasteiger charge is -2.35. The summed E-state index contributed by atoms with van der Waals surface area (Å²) >= 11 is 1.87. The second-order valence-corrected chi connectivity index (χ2v) is 4.68. The Hall–Kier alpha value is 0.310. The highest BCUT2D eigenvalue weighted by atomic mass is 32.2. The van der Waals surface area contributed by atoms with Crippen molar-refractivity contribution in [3.63, 3.8) is 0 Å². The van der Waals surface area contributed by atoms with E-state index in [1.165, 1.54) is 19.3 Å². The molecule has 0 aromatic heterocycles. The van der Waals surface area contributed by atoms with Crippen LogP contribution in [0.2, 0.25) is 0 Å². The zero-order valence-corrected chi connectivity index (χ0v) is 6.99. The van der Waals surface area contributed by atoms with Crippen LogP contribution in [0.25, 0.3) is 0 Å². The Morgan fingerprint density at radius 1 is 1.40 bits per heavy atom. The highest BCUT2D eigenvalue weighted by Gasteiger charge is 2.36. The monoisotopic (exact) mass is 158 g/mol. The van der Waals surface area contributed by atoms with Crippen molar-refractivity contribution >= 4 is 11.8 Å². The third-order valence-electron chi connectivity index (χ3n) is 2.46. The first-order valence-electron chi connectivity index (χ1n) is 4.09. The van der Waals surface area contributed by atoms with E-state index in [9.17, 15) is 5.11 Å². The van der Waals surface area contributed by atoms with Crippen LogP contribution in [0.3, 0.4) is 0 Å². The smallest absolute Gasteiger partial charge is 0.0827 e. The number of rotatable bonds is 3. The Balaban J connectivity index is 1.67. The van der Waals surface area contributed by atoms with Crippen LogP contribution < -0.4 is 0 Å². The van der Waals surface area contributed by atoms with Gasteiger partial charge in [0.1, 0.15) is 0 Å². The van der Waals surface area contributed by atoms with Crippen molar-refractivity contribution in [1.82, 2.24) is 0 Å². The lowest BCUT2D eigenvalue weighted by atomic mass is 10.00. The van der Waals surface area contributed by atoms with Crippen molar-refractivity contribution in [2.45, 2.75) is 31.3 Å². The molecule has 58 valence electrons. The zero-order chi connectivity index (χ0) is 7.03. The molecular formula is C8H14OS. The predicted molar refractivity (Wildman–Crippen MR) is 44.2 cm³/mol. The SMILES string of the molecule is OC1(CCC2CC2)CSC1. The van der Waals surface area contributed by atoms with Crippen LogP contribution in [-0.2, 0) is 0 Å². The van der Waals surface area contributed by atoms with Gasteiger partial charge in [-0.15, -0.1) is 0 Å². The number of thioether (sulfide) groups is 1. The van der Waals surface area contributed by atoms with Gasteiger partial charge in [0.2, 0.25) is 0 Å². The Kier molecular flexibility index (Phi) is 1.69. The minimum absolute atomic E-state index is 0.243. The van der Waals surface area contributed by atoms with E-state index in [-0.39, 0.29) is 5.60 Å². The number of hydrogen-bond donors (Lipinski definition) is 1. The lowest BCUT2D eigenvalue weighted by molar-refractivity contribution is 0.0656. The van der Waals surface area contributed by atoms with E-state index in [4.69, 9.17) is 0 Å². The van der Waals surface area contributed by atoms with Gasteiger partial charge in [-0.2, -0.15) is 11.8 Å². The molecule has 0 unspecified atom stereocenters. The first kappa shape index (κ1) is 6.99. The lowest BCUT2D eigenvalue weighted by Crippen LogP contribution is -2.42. The number of aliphatic hydroxyl groups is 1. The first-order valence-corrected chi connectivity index (χ1v) is 5.24. The molecule has 1 saturated heterocycles. The van der Waals surface area contributed by atoms with Crippen LogP contribution in [0.15, 0.2) is 0 Å². The Morgan fingerprint density at radius 2 is 2.10 bits per heavy atom. The molecule has 0 atom stereocenters. The van der Waals surface area contributed by atoms with Crippen molar-refractivity contribution in [2.24, 2.45) is 5.92 Å². The molecule has 2 fully saturated rings. The van der Waals surface area contributed by atoms with E-state index in [0.29, 0.717) is 0 Å². The van der Waals surface area contributed by atoms with Gasteiger partial charge < -0.3 is 5.11 Å². The maximum atomic E-state index is 9.67. The minimum Gasteiger partial charge on any atom is -0.388 e. The van der Waals surface area contributed by atoms with Crippen LogP contribution in [-0.4, -0.2) is 22.2 Å². The summed E-state index contributed by atoms with van der Waals surface area (Å²) in [7, 11) is 0. The quantitative estimate of drug-likeness (QED) is 0.674. The molecule has 10 heavy (non-hydrogen) atoms. The highest BCUT2D eigenvalue weighted by molar-refractivity contribution is 8.00. The molecule has 0 amide bonds. The summed E-state index contributed by atoms with van der Waals surface area (Å²) in [6, 6.07) is 0. The molecule has 1 heterocycles. The Bertz CT molecular complexity index is 127. The van der Waals surface area contributed by atoms with Crippen LogP contribution in [0.1, 0.15) is 25.7 Å². The highest BCUT2D eigenvalue weighted by Crippen LogP contribution is 2.39. The van der Waals surface area contributed by atoms with Crippen molar-refractivity contribution in [1.29, 1.82) is 0 Å². The third-order valence-corrected chi connectivity index (χ3v) is 3.94. The summed E-state index contributed by atoms with van der Waals surface area (Å²) in [4.78, 5) is 0. The van der Waals surface area contributed by atoms with Crippen molar-refractivity contribution in [2.75, 3.05) is 11.5 Å². The summed E-state index contributed by atoms with van der Waals surface area (Å²) in [6.07, 6.45) is 5.17. The molecule has 2 rings (SSSR count). The van der Waals surface area contributed by atoms with Gasteiger partial charge in [-0.05, 0) is 18.8 Å². The number of hydrogen-bond acceptors (Lipinski definition) is 2. The molecule has 0 bridgehead atoms. The minimum atomic E-state index is -0.243. The summed E-state index contributed by atoms with van der Waals surface area (Å²) in [6.45, 7) is 0. The fourth-order valence-corrected chi connectivity index (χ4v) is 2.33. The van der Waals surface area contributed by atoms with Crippen LogP contribution in [0, 0.1) is 5.92 Å². The van der Waals surface area contributed by atoms with E-state index >= 15 is 0 Å². The van der Waals surface area contributed by atoms with Gasteiger partial charge in [0.05, 0.1) is 5.60 Å². The van der Waals surface area contributed by atoms with Crippen molar-refractivity contribution in [3.8, 4) is 0 Å². The molecule has 1 aliphatic heterocycles. The largest absolute Gasteiger partial charge is 0.388 e. The second-order valence-electron chi connectivity index (χ2n) is 3.70. The van der Waals surface area contributed by atoms with Gasteiger partial charge in [0.25, 0.3) is 0 Å². The maximum Gasteiger partial charge on any atom is 0.0827 e. The van der Waals surface area contributed by atoms with Crippen LogP contribution >= 0.6 is 11.8 Å². The second kappa shape index (κ2) is 2.42. The predicted octanol–water partition coefficient (Wildman–Crippen LogP) is 1.65. The van der Waals surface area contributed by atoms with Gasteiger partial charge in [-0.25, -0.2) is 0 Å². The van der Waals surface area contributed by atoms with Gasteiger partial charge in [0, 0.05) is 11.5 Å². The summed E-state index contributed by atoms with van der Waals surface area (Å²) in [5, 5.41) is 9.67. The normalized spacial score (nSPS) is 29.7. The Morgan fingerprint density at radius 3 is 2.50 bits per heavy atom. The fourth-order valence-electron chi connectivity index (χ4n) is 1.36. The molecule has 0 aromatic rings. The van der Waals surface area contributed by atoms with Gasteiger partial charge in [0.15, 0.2) is 0 Å². The molecule has 1 aliphatic carbocycles. The fraction of sp³-hybridized carbons (Fsp3) is 1.00. The molecule has 1 nitrogen and oxygen atoms in total. The molecule has 0 aromatic carbocycles. The van der Waals surface area contributed by atoms with Gasteiger partial charge in [-0.1, -0.05) is 12.8 Å². The molecule has 2 aliphatic rings. The van der Waals surface area contributed by atoms with Crippen LogP contribution in [0.5, 0.6) is 0 Å². The maximum absolute atomic E-state index is 9.67. The van der Waals surface area contributed by atoms with Crippen molar-refractivity contribution < 1.29 is 5.11 Å². The van der Waals surface area contributed by atoms with E-state index in [0.717, 1.165) is 23.8 Å². The molecular weight excluding hydrogens is 144 g/mol. The first-order chi connectivity index (χ1) is 4.79. The average Bonchev–Trinajstić information content (AvgIpc) is 2.61. The summed E-state index contributed by atoms with van der Waals surface area (Å²) < 4.78 is 0. The summed E-state index contributed by atoms with van der Waals surface area (Å²) in [5.74, 6) is 2.95. The van der Waals surface area contributed by atoms with E-state index in [2.05, 4.69) is 0 Å². The van der Waals surface area contributed by atoms with Gasteiger partial charge >= 0.3 is 0 Å².